The van der Waals surface area contributed by atoms with Crippen LogP contribution in [0.15, 0.2) is 12.7 Å². The highest BCUT2D eigenvalue weighted by Gasteiger charge is 2.45. The monoisotopic (exact) mass is 403 g/mol. The molecule has 9 heteroatoms. The van der Waals surface area contributed by atoms with Crippen molar-refractivity contribution in [2.24, 2.45) is 11.3 Å². The quantitative estimate of drug-likeness (QED) is 0.665. The molecule has 2 aliphatic rings. The van der Waals surface area contributed by atoms with E-state index >= 15 is 0 Å². The molecule has 2 N–H and O–H groups in total. The second-order valence-electron chi connectivity index (χ2n) is 8.34. The summed E-state index contributed by atoms with van der Waals surface area (Å²) < 4.78 is 7.11. The number of esters is 1. The van der Waals surface area contributed by atoms with E-state index in [0.717, 1.165) is 42.9 Å². The number of imidazole rings is 1. The predicted molar refractivity (Wildman–Crippen MR) is 106 cm³/mol. The second-order valence-corrected chi connectivity index (χ2v) is 8.34. The minimum absolute atomic E-state index is 0.00634. The summed E-state index contributed by atoms with van der Waals surface area (Å²) in [4.78, 5) is 27.5. The van der Waals surface area contributed by atoms with Crippen molar-refractivity contribution in [3.63, 3.8) is 0 Å². The fourth-order valence-electron chi connectivity index (χ4n) is 4.59. The van der Waals surface area contributed by atoms with Crippen LogP contribution in [0.4, 0.5) is 5.82 Å². The first-order chi connectivity index (χ1) is 14.1. The first-order valence-electron chi connectivity index (χ1n) is 10.4. The van der Waals surface area contributed by atoms with E-state index in [0.29, 0.717) is 31.8 Å². The number of carbonyl (C=O) groups is 1. The van der Waals surface area contributed by atoms with Crippen LogP contribution < -0.4 is 4.90 Å². The van der Waals surface area contributed by atoms with Crippen LogP contribution in [0.2, 0.25) is 0 Å². The molecule has 0 amide bonds. The molecule has 0 radical (unpaired) electrons. The molecule has 1 aliphatic heterocycles. The van der Waals surface area contributed by atoms with E-state index in [4.69, 9.17) is 4.74 Å². The van der Waals surface area contributed by atoms with Crippen LogP contribution >= 0.6 is 0 Å². The van der Waals surface area contributed by atoms with Crippen LogP contribution in [-0.4, -0.2) is 68.6 Å². The van der Waals surface area contributed by atoms with Crippen LogP contribution in [0.25, 0.3) is 11.2 Å². The number of fused-ring (bicyclic) bond motifs is 1. The molecule has 2 aromatic heterocycles. The zero-order valence-electron chi connectivity index (χ0n) is 16.8. The lowest BCUT2D eigenvalue weighted by Gasteiger charge is -2.45. The smallest absolute Gasteiger partial charge is 0.306 e. The van der Waals surface area contributed by atoms with E-state index in [1.54, 1.807) is 12.7 Å². The lowest BCUT2D eigenvalue weighted by atomic mass is 9.66. The molecule has 1 saturated heterocycles. The molecule has 2 aromatic rings. The highest BCUT2D eigenvalue weighted by Crippen LogP contribution is 2.48. The predicted octanol–water partition coefficient (Wildman–Crippen LogP) is 1.30. The zero-order valence-corrected chi connectivity index (χ0v) is 16.8. The van der Waals surface area contributed by atoms with Gasteiger partial charge in [0.15, 0.2) is 17.0 Å². The summed E-state index contributed by atoms with van der Waals surface area (Å²) >= 11 is 0. The van der Waals surface area contributed by atoms with Gasteiger partial charge in [0.05, 0.1) is 26.1 Å². The van der Waals surface area contributed by atoms with Crippen molar-refractivity contribution in [3.8, 4) is 0 Å². The Morgan fingerprint density at radius 2 is 1.93 bits per heavy atom. The number of hydrogen-bond acceptors (Lipinski definition) is 8. The van der Waals surface area contributed by atoms with Crippen molar-refractivity contribution in [2.75, 3.05) is 37.8 Å². The second kappa shape index (κ2) is 8.23. The van der Waals surface area contributed by atoms with Crippen molar-refractivity contribution in [1.29, 1.82) is 0 Å². The average molecular weight is 403 g/mol. The van der Waals surface area contributed by atoms with Gasteiger partial charge in [-0.3, -0.25) is 4.79 Å². The van der Waals surface area contributed by atoms with Gasteiger partial charge >= 0.3 is 5.97 Å². The minimum Gasteiger partial charge on any atom is -0.466 e. The highest BCUT2D eigenvalue weighted by molar-refractivity contribution is 5.83. The maximum absolute atomic E-state index is 11.7. The first-order valence-corrected chi connectivity index (χ1v) is 10.4. The topological polar surface area (TPSA) is 114 Å². The Morgan fingerprint density at radius 1 is 1.21 bits per heavy atom. The number of carbonyl (C=O) groups excluding carboxylic acids is 1. The third kappa shape index (κ3) is 3.81. The Morgan fingerprint density at radius 3 is 2.59 bits per heavy atom. The van der Waals surface area contributed by atoms with Crippen LogP contribution in [0.1, 0.15) is 45.1 Å². The Balaban J connectivity index is 1.45. The van der Waals surface area contributed by atoms with Gasteiger partial charge in [-0.25, -0.2) is 15.0 Å². The van der Waals surface area contributed by atoms with Gasteiger partial charge in [-0.05, 0) is 38.5 Å². The number of aromatic nitrogens is 4. The Kier molecular flexibility index (Phi) is 5.69. The maximum Gasteiger partial charge on any atom is 0.306 e. The molecule has 0 spiro atoms. The summed E-state index contributed by atoms with van der Waals surface area (Å²) in [6.07, 6.45) is 7.11. The van der Waals surface area contributed by atoms with Crippen LogP contribution in [0.5, 0.6) is 0 Å². The molecule has 1 aliphatic carbocycles. The van der Waals surface area contributed by atoms with E-state index in [-0.39, 0.29) is 25.2 Å². The van der Waals surface area contributed by atoms with Crippen molar-refractivity contribution < 1.29 is 19.7 Å². The molecule has 1 saturated carbocycles. The fraction of sp³-hybridized carbons (Fsp3) is 0.700. The number of aliphatic hydroxyl groups excluding tert-OH is 2. The molecular formula is C20H29N5O4. The molecule has 158 valence electrons. The van der Waals surface area contributed by atoms with Crippen LogP contribution in [0.3, 0.4) is 0 Å². The molecule has 29 heavy (non-hydrogen) atoms. The first kappa shape index (κ1) is 20.0. The number of anilines is 1. The van der Waals surface area contributed by atoms with Crippen LogP contribution in [0, 0.1) is 11.3 Å². The Labute approximate surface area is 169 Å². The molecule has 2 fully saturated rings. The largest absolute Gasteiger partial charge is 0.466 e. The van der Waals surface area contributed by atoms with E-state index < -0.39 is 5.41 Å². The molecule has 0 bridgehead atoms. The van der Waals surface area contributed by atoms with Gasteiger partial charge in [0.1, 0.15) is 6.33 Å². The SMILES string of the molecule is CCOC(=O)CC1CCN(c2ncnc3c2ncn3C2CC(CO)(CO)C2)CC1. The van der Waals surface area contributed by atoms with Gasteiger partial charge in [-0.1, -0.05) is 0 Å². The number of piperidine rings is 1. The van der Waals surface area contributed by atoms with Gasteiger partial charge in [-0.2, -0.15) is 0 Å². The number of nitrogens with zero attached hydrogens (tertiary/aromatic N) is 5. The fourth-order valence-corrected chi connectivity index (χ4v) is 4.59. The molecule has 9 nitrogen and oxygen atoms in total. The Bertz CT molecular complexity index is 850. The van der Waals surface area contributed by atoms with Crippen molar-refractivity contribution in [3.05, 3.63) is 12.7 Å². The third-order valence-corrected chi connectivity index (χ3v) is 6.42. The molecule has 4 rings (SSSR count). The minimum atomic E-state index is -0.391. The van der Waals surface area contributed by atoms with Gasteiger partial charge in [-0.15, -0.1) is 0 Å². The van der Waals surface area contributed by atoms with Gasteiger partial charge < -0.3 is 24.4 Å². The lowest BCUT2D eigenvalue weighted by Crippen LogP contribution is -2.44. The number of hydrogen-bond donors (Lipinski definition) is 2. The van der Waals surface area contributed by atoms with Crippen molar-refractivity contribution in [1.82, 2.24) is 19.5 Å². The molecular weight excluding hydrogens is 374 g/mol. The van der Waals surface area contributed by atoms with Crippen molar-refractivity contribution in [2.45, 2.75) is 45.1 Å². The summed E-state index contributed by atoms with van der Waals surface area (Å²) in [6, 6.07) is 0.178. The molecule has 0 atom stereocenters. The van der Waals surface area contributed by atoms with E-state index in [1.165, 1.54) is 0 Å². The van der Waals surface area contributed by atoms with Gasteiger partial charge in [0, 0.05) is 31.0 Å². The summed E-state index contributed by atoms with van der Waals surface area (Å²) in [6.45, 7) is 3.89. The number of ether oxygens (including phenoxy) is 1. The zero-order chi connectivity index (χ0) is 20.4. The van der Waals surface area contributed by atoms with E-state index in [9.17, 15) is 15.0 Å². The lowest BCUT2D eigenvalue weighted by molar-refractivity contribution is -0.144. The average Bonchev–Trinajstić information content (AvgIpc) is 3.13. The van der Waals surface area contributed by atoms with Crippen LogP contribution in [-0.2, 0) is 9.53 Å². The molecule has 3 heterocycles. The molecule has 0 aromatic carbocycles. The normalized spacial score (nSPS) is 20.0. The number of aliphatic hydroxyl groups is 2. The van der Waals surface area contributed by atoms with E-state index in [1.807, 2.05) is 11.5 Å². The summed E-state index contributed by atoms with van der Waals surface area (Å²) in [5.74, 6) is 1.06. The standard InChI is InChI=1S/C20H29N5O4/c1-2-29-16(28)7-14-3-5-24(6-4-14)18-17-19(22-12-21-18)25(13-23-17)15-8-20(9-15,10-26)11-27/h12-15,26-27H,2-11H2,1H3. The Hall–Kier alpha value is -2.26. The number of rotatable bonds is 7. The summed E-state index contributed by atoms with van der Waals surface area (Å²) in [5.41, 5.74) is 1.18. The third-order valence-electron chi connectivity index (χ3n) is 6.42. The highest BCUT2D eigenvalue weighted by atomic mass is 16.5. The summed E-state index contributed by atoms with van der Waals surface area (Å²) in [7, 11) is 0. The summed E-state index contributed by atoms with van der Waals surface area (Å²) in [5, 5.41) is 19.1. The maximum atomic E-state index is 11.7. The van der Waals surface area contributed by atoms with Gasteiger partial charge in [0.25, 0.3) is 0 Å². The van der Waals surface area contributed by atoms with Crippen molar-refractivity contribution >= 4 is 23.0 Å². The van der Waals surface area contributed by atoms with E-state index in [2.05, 4.69) is 19.9 Å². The van der Waals surface area contributed by atoms with Gasteiger partial charge in [0.2, 0.25) is 0 Å². The molecule has 0 unspecified atom stereocenters.